The number of nitrogen functional groups attached to an aromatic ring is 1. The summed E-state index contributed by atoms with van der Waals surface area (Å²) in [6, 6.07) is 3.58. The summed E-state index contributed by atoms with van der Waals surface area (Å²) < 4.78 is 18.6. The summed E-state index contributed by atoms with van der Waals surface area (Å²) in [5, 5.41) is 0. The lowest BCUT2D eigenvalue weighted by molar-refractivity contribution is 0.504. The largest absolute Gasteiger partial charge is 0.467 e. The van der Waals surface area contributed by atoms with Crippen molar-refractivity contribution in [2.75, 3.05) is 17.7 Å². The molecule has 0 aliphatic rings. The van der Waals surface area contributed by atoms with Crippen LogP contribution in [0.1, 0.15) is 5.76 Å². The van der Waals surface area contributed by atoms with E-state index in [1.165, 1.54) is 0 Å². The van der Waals surface area contributed by atoms with Gasteiger partial charge in [-0.3, -0.25) is 0 Å². The Morgan fingerprint density at radius 1 is 1.56 bits per heavy atom. The van der Waals surface area contributed by atoms with Gasteiger partial charge in [-0.25, -0.2) is 9.37 Å². The van der Waals surface area contributed by atoms with Gasteiger partial charge in [0, 0.05) is 7.05 Å². The fourth-order valence-corrected chi connectivity index (χ4v) is 1.35. The molecule has 0 unspecified atom stereocenters. The third kappa shape index (κ3) is 2.10. The first-order valence-corrected chi connectivity index (χ1v) is 4.68. The van der Waals surface area contributed by atoms with E-state index in [1.54, 1.807) is 30.3 Å². The van der Waals surface area contributed by atoms with Gasteiger partial charge in [-0.2, -0.15) is 4.98 Å². The van der Waals surface area contributed by atoms with E-state index in [-0.39, 0.29) is 11.8 Å². The summed E-state index contributed by atoms with van der Waals surface area (Å²) in [5.74, 6) is 0.411. The van der Waals surface area contributed by atoms with E-state index in [9.17, 15) is 4.39 Å². The van der Waals surface area contributed by atoms with Crippen molar-refractivity contribution in [3.05, 3.63) is 36.2 Å². The predicted molar refractivity (Wildman–Crippen MR) is 57.2 cm³/mol. The average molecular weight is 222 g/mol. The second-order valence-corrected chi connectivity index (χ2v) is 3.34. The molecule has 0 saturated carbocycles. The third-order valence-corrected chi connectivity index (χ3v) is 2.08. The monoisotopic (exact) mass is 222 g/mol. The lowest BCUT2D eigenvalue weighted by atomic mass is 10.4. The fourth-order valence-electron chi connectivity index (χ4n) is 1.35. The van der Waals surface area contributed by atoms with Gasteiger partial charge >= 0.3 is 0 Å². The van der Waals surface area contributed by atoms with Gasteiger partial charge in [-0.1, -0.05) is 0 Å². The number of halogens is 1. The topological polar surface area (TPSA) is 68.2 Å². The highest BCUT2D eigenvalue weighted by Crippen LogP contribution is 2.17. The van der Waals surface area contributed by atoms with E-state index in [4.69, 9.17) is 10.2 Å². The van der Waals surface area contributed by atoms with Crippen molar-refractivity contribution in [3.8, 4) is 0 Å². The van der Waals surface area contributed by atoms with Crippen LogP contribution in [0.15, 0.2) is 29.0 Å². The zero-order chi connectivity index (χ0) is 11.5. The van der Waals surface area contributed by atoms with Crippen LogP contribution in [0, 0.1) is 5.82 Å². The Morgan fingerprint density at radius 3 is 3.06 bits per heavy atom. The molecule has 2 heterocycles. The molecular weight excluding hydrogens is 211 g/mol. The maximum Gasteiger partial charge on any atom is 0.222 e. The van der Waals surface area contributed by atoms with Crippen LogP contribution in [0.3, 0.4) is 0 Å². The predicted octanol–water partition coefficient (Wildman–Crippen LogP) is 1.43. The van der Waals surface area contributed by atoms with E-state index < -0.39 is 5.82 Å². The molecule has 0 atom stereocenters. The van der Waals surface area contributed by atoms with Gasteiger partial charge in [0.1, 0.15) is 5.76 Å². The average Bonchev–Trinajstić information content (AvgIpc) is 2.74. The van der Waals surface area contributed by atoms with Crippen molar-refractivity contribution >= 4 is 11.8 Å². The Kier molecular flexibility index (Phi) is 2.72. The number of aromatic nitrogens is 2. The minimum Gasteiger partial charge on any atom is -0.467 e. The molecule has 0 aliphatic carbocycles. The molecule has 84 valence electrons. The normalized spacial score (nSPS) is 10.4. The summed E-state index contributed by atoms with van der Waals surface area (Å²) >= 11 is 0. The van der Waals surface area contributed by atoms with Gasteiger partial charge in [0.25, 0.3) is 0 Å². The molecule has 0 bridgehead atoms. The first kappa shape index (κ1) is 10.4. The van der Waals surface area contributed by atoms with Gasteiger partial charge in [-0.05, 0) is 12.1 Å². The number of rotatable bonds is 3. The SMILES string of the molecule is CN(Cc1ccco1)c1nc(N)ncc1F. The highest BCUT2D eigenvalue weighted by molar-refractivity contribution is 5.41. The van der Waals surface area contributed by atoms with E-state index in [0.717, 1.165) is 12.0 Å². The number of nitrogens with zero attached hydrogens (tertiary/aromatic N) is 3. The lowest BCUT2D eigenvalue weighted by Gasteiger charge is -2.16. The van der Waals surface area contributed by atoms with Crippen molar-refractivity contribution in [3.63, 3.8) is 0 Å². The Balaban J connectivity index is 2.20. The third-order valence-electron chi connectivity index (χ3n) is 2.08. The summed E-state index contributed by atoms with van der Waals surface area (Å²) in [5.41, 5.74) is 5.40. The number of anilines is 2. The van der Waals surface area contributed by atoms with Crippen molar-refractivity contribution < 1.29 is 8.81 Å². The maximum absolute atomic E-state index is 13.4. The molecular formula is C10H11FN4O. The number of hydrogen-bond acceptors (Lipinski definition) is 5. The Morgan fingerprint density at radius 2 is 2.38 bits per heavy atom. The maximum atomic E-state index is 13.4. The molecule has 2 aromatic heterocycles. The van der Waals surface area contributed by atoms with E-state index in [2.05, 4.69) is 9.97 Å². The molecule has 2 N–H and O–H groups in total. The summed E-state index contributed by atoms with van der Waals surface area (Å²) in [7, 11) is 1.70. The van der Waals surface area contributed by atoms with E-state index in [1.807, 2.05) is 0 Å². The van der Waals surface area contributed by atoms with E-state index >= 15 is 0 Å². The van der Waals surface area contributed by atoms with Crippen LogP contribution < -0.4 is 10.6 Å². The van der Waals surface area contributed by atoms with Crippen molar-refractivity contribution in [2.24, 2.45) is 0 Å². The first-order chi connectivity index (χ1) is 7.66. The minimum absolute atomic E-state index is 0.0442. The van der Waals surface area contributed by atoms with Crippen LogP contribution in [0.25, 0.3) is 0 Å². The van der Waals surface area contributed by atoms with Crippen LogP contribution in [-0.2, 0) is 6.54 Å². The van der Waals surface area contributed by atoms with E-state index in [0.29, 0.717) is 6.54 Å². The molecule has 5 nitrogen and oxygen atoms in total. The zero-order valence-electron chi connectivity index (χ0n) is 8.72. The molecule has 0 aliphatic heterocycles. The van der Waals surface area contributed by atoms with Crippen LogP contribution >= 0.6 is 0 Å². The van der Waals surface area contributed by atoms with Gasteiger partial charge in [-0.15, -0.1) is 0 Å². The second-order valence-electron chi connectivity index (χ2n) is 3.34. The van der Waals surface area contributed by atoms with Crippen LogP contribution in [0.4, 0.5) is 16.2 Å². The van der Waals surface area contributed by atoms with Gasteiger partial charge < -0.3 is 15.1 Å². The molecule has 0 radical (unpaired) electrons. The quantitative estimate of drug-likeness (QED) is 0.850. The fraction of sp³-hybridized carbons (Fsp3) is 0.200. The molecule has 0 fully saturated rings. The number of hydrogen-bond donors (Lipinski definition) is 1. The highest BCUT2D eigenvalue weighted by Gasteiger charge is 2.11. The summed E-state index contributed by atoms with van der Waals surface area (Å²) in [6.07, 6.45) is 2.62. The first-order valence-electron chi connectivity index (χ1n) is 4.68. The van der Waals surface area contributed by atoms with Crippen LogP contribution in [-0.4, -0.2) is 17.0 Å². The van der Waals surface area contributed by atoms with Gasteiger partial charge in [0.2, 0.25) is 5.95 Å². The van der Waals surface area contributed by atoms with Crippen molar-refractivity contribution in [1.29, 1.82) is 0 Å². The summed E-state index contributed by atoms with van der Waals surface area (Å²) in [4.78, 5) is 8.99. The Hall–Kier alpha value is -2.11. The standard InChI is InChI=1S/C10H11FN4O/c1-15(6-7-3-2-4-16-7)9-8(11)5-13-10(12)14-9/h2-5H,6H2,1H3,(H2,12,13,14). The minimum atomic E-state index is -0.511. The van der Waals surface area contributed by atoms with Crippen LogP contribution in [0.5, 0.6) is 0 Å². The number of furan rings is 1. The molecule has 6 heteroatoms. The zero-order valence-corrected chi connectivity index (χ0v) is 8.72. The van der Waals surface area contributed by atoms with Gasteiger partial charge in [0.05, 0.1) is 19.0 Å². The Bertz CT molecular complexity index is 472. The second kappa shape index (κ2) is 4.18. The molecule has 16 heavy (non-hydrogen) atoms. The molecule has 2 aromatic rings. The molecule has 0 amide bonds. The van der Waals surface area contributed by atoms with Crippen LogP contribution in [0.2, 0.25) is 0 Å². The van der Waals surface area contributed by atoms with Crippen molar-refractivity contribution in [2.45, 2.75) is 6.54 Å². The molecule has 2 rings (SSSR count). The van der Waals surface area contributed by atoms with Crippen molar-refractivity contribution in [1.82, 2.24) is 9.97 Å². The molecule has 0 saturated heterocycles. The summed E-state index contributed by atoms with van der Waals surface area (Å²) in [6.45, 7) is 0.417. The Labute approximate surface area is 91.7 Å². The lowest BCUT2D eigenvalue weighted by Crippen LogP contribution is -2.19. The molecule has 0 spiro atoms. The smallest absolute Gasteiger partial charge is 0.222 e. The molecule has 0 aromatic carbocycles. The number of nitrogens with two attached hydrogens (primary N) is 1. The highest BCUT2D eigenvalue weighted by atomic mass is 19.1. The van der Waals surface area contributed by atoms with Gasteiger partial charge in [0.15, 0.2) is 11.6 Å².